The van der Waals surface area contributed by atoms with Crippen molar-refractivity contribution >= 4 is 11.7 Å². The van der Waals surface area contributed by atoms with Crippen LogP contribution in [0.4, 0.5) is 5.69 Å². The summed E-state index contributed by atoms with van der Waals surface area (Å²) in [6, 6.07) is 4.26. The second-order valence-corrected chi connectivity index (χ2v) is 4.14. The minimum absolute atomic E-state index is 0.0170. The number of anilines is 1. The van der Waals surface area contributed by atoms with Crippen LogP contribution in [0, 0.1) is 5.92 Å². The van der Waals surface area contributed by atoms with Crippen LogP contribution in [-0.4, -0.2) is 17.7 Å². The summed E-state index contributed by atoms with van der Waals surface area (Å²) in [4.78, 5) is 11.6. The van der Waals surface area contributed by atoms with Crippen LogP contribution in [0.15, 0.2) is 18.2 Å². The highest BCUT2D eigenvalue weighted by atomic mass is 16.5. The fraction of sp³-hybridized carbons (Fsp3) is 0.417. The van der Waals surface area contributed by atoms with Crippen LogP contribution < -0.4 is 5.73 Å². The molecule has 4 heteroatoms. The summed E-state index contributed by atoms with van der Waals surface area (Å²) < 4.78 is 5.08. The first-order chi connectivity index (χ1) is 7.66. The molecule has 0 saturated heterocycles. The van der Waals surface area contributed by atoms with Gasteiger partial charge in [0.2, 0.25) is 0 Å². The van der Waals surface area contributed by atoms with Gasteiger partial charge in [0.25, 0.3) is 0 Å². The van der Waals surface area contributed by atoms with Gasteiger partial charge in [-0.25, -0.2) is 4.79 Å². The molecular weight excluding hydrogens is 206 g/mol. The number of benzene rings is 1. The van der Waals surface area contributed by atoms with Crippen LogP contribution in [0.3, 0.4) is 0 Å². The van der Waals surface area contributed by atoms with E-state index in [4.69, 9.17) is 10.5 Å². The second-order valence-electron chi connectivity index (χ2n) is 4.14. The van der Waals surface area contributed by atoms with E-state index >= 15 is 0 Å². The fourth-order valence-corrected chi connectivity index (χ4v) is 1.52. The summed E-state index contributed by atoms with van der Waals surface area (Å²) in [5.74, 6) is 0.284. The average molecular weight is 221 g/mol. The fourth-order valence-electron chi connectivity index (χ4n) is 1.52. The summed E-state index contributed by atoms with van der Waals surface area (Å²) in [5, 5.41) is 9.25. The van der Waals surface area contributed by atoms with Gasteiger partial charge in [-0.05, 0) is 30.5 Å². The van der Waals surface area contributed by atoms with Gasteiger partial charge < -0.3 is 15.6 Å². The lowest BCUT2D eigenvalue weighted by atomic mass is 10.2. The molecule has 0 unspecified atom stereocenters. The molecule has 0 atom stereocenters. The number of ether oxygens (including phenoxy) is 1. The van der Waals surface area contributed by atoms with E-state index in [1.807, 2.05) is 0 Å². The summed E-state index contributed by atoms with van der Waals surface area (Å²) in [6.07, 6.45) is 3.40. The van der Waals surface area contributed by atoms with Crippen molar-refractivity contribution < 1.29 is 14.6 Å². The minimum atomic E-state index is -0.464. The van der Waals surface area contributed by atoms with E-state index in [0.717, 1.165) is 12.3 Å². The SMILES string of the molecule is Nc1ccc(O)cc1C(=O)OCCC1CC1. The van der Waals surface area contributed by atoms with Gasteiger partial charge in [0.15, 0.2) is 0 Å². The third-order valence-electron chi connectivity index (χ3n) is 2.71. The highest BCUT2D eigenvalue weighted by Crippen LogP contribution is 2.32. The highest BCUT2D eigenvalue weighted by molar-refractivity contribution is 5.95. The monoisotopic (exact) mass is 221 g/mol. The molecule has 0 aromatic heterocycles. The number of aromatic hydroxyl groups is 1. The number of esters is 1. The molecule has 1 fully saturated rings. The number of carbonyl (C=O) groups excluding carboxylic acids is 1. The van der Waals surface area contributed by atoms with Crippen LogP contribution in [0.2, 0.25) is 0 Å². The maximum atomic E-state index is 11.6. The lowest BCUT2D eigenvalue weighted by molar-refractivity contribution is 0.0495. The van der Waals surface area contributed by atoms with E-state index in [2.05, 4.69) is 0 Å². The Hall–Kier alpha value is -1.71. The van der Waals surface area contributed by atoms with E-state index in [1.54, 1.807) is 0 Å². The Morgan fingerprint density at radius 3 is 2.94 bits per heavy atom. The first-order valence-electron chi connectivity index (χ1n) is 5.42. The maximum Gasteiger partial charge on any atom is 0.340 e. The van der Waals surface area contributed by atoms with Crippen molar-refractivity contribution in [3.05, 3.63) is 23.8 Å². The lowest BCUT2D eigenvalue weighted by Crippen LogP contribution is -2.09. The van der Waals surface area contributed by atoms with Crippen LogP contribution in [-0.2, 0) is 4.74 Å². The first kappa shape index (κ1) is 10.8. The Balaban J connectivity index is 1.93. The van der Waals surface area contributed by atoms with E-state index in [0.29, 0.717) is 12.3 Å². The van der Waals surface area contributed by atoms with Gasteiger partial charge in [-0.2, -0.15) is 0 Å². The molecule has 0 heterocycles. The summed E-state index contributed by atoms with van der Waals surface area (Å²) in [5.41, 5.74) is 6.18. The minimum Gasteiger partial charge on any atom is -0.508 e. The van der Waals surface area contributed by atoms with E-state index in [1.165, 1.54) is 31.0 Å². The highest BCUT2D eigenvalue weighted by Gasteiger charge is 2.21. The normalized spacial score (nSPS) is 14.8. The van der Waals surface area contributed by atoms with Crippen molar-refractivity contribution in [2.75, 3.05) is 12.3 Å². The zero-order chi connectivity index (χ0) is 11.5. The molecule has 3 N–H and O–H groups in total. The molecule has 16 heavy (non-hydrogen) atoms. The largest absolute Gasteiger partial charge is 0.508 e. The number of phenolic OH excluding ortho intramolecular Hbond substituents is 1. The molecule has 0 aliphatic heterocycles. The number of rotatable bonds is 4. The third kappa shape index (κ3) is 2.66. The maximum absolute atomic E-state index is 11.6. The van der Waals surface area contributed by atoms with Crippen molar-refractivity contribution in [2.45, 2.75) is 19.3 Å². The van der Waals surface area contributed by atoms with E-state index in [-0.39, 0.29) is 11.3 Å². The first-order valence-corrected chi connectivity index (χ1v) is 5.42. The van der Waals surface area contributed by atoms with Crippen LogP contribution >= 0.6 is 0 Å². The molecule has 0 spiro atoms. The van der Waals surface area contributed by atoms with E-state index < -0.39 is 5.97 Å². The molecule has 4 nitrogen and oxygen atoms in total. The average Bonchev–Trinajstić information content (AvgIpc) is 3.05. The van der Waals surface area contributed by atoms with Crippen LogP contribution in [0.25, 0.3) is 0 Å². The molecule has 86 valence electrons. The Kier molecular flexibility index (Phi) is 2.99. The van der Waals surface area contributed by atoms with Crippen molar-refractivity contribution in [2.24, 2.45) is 5.92 Å². The Morgan fingerprint density at radius 1 is 1.50 bits per heavy atom. The van der Waals surface area contributed by atoms with Crippen molar-refractivity contribution in [3.8, 4) is 5.75 Å². The second kappa shape index (κ2) is 4.43. The standard InChI is InChI=1S/C12H15NO3/c13-11-4-3-9(14)7-10(11)12(15)16-6-5-8-1-2-8/h3-4,7-8,14H,1-2,5-6,13H2. The van der Waals surface area contributed by atoms with Gasteiger partial charge in [0, 0.05) is 5.69 Å². The molecule has 1 aromatic carbocycles. The molecule has 0 amide bonds. The predicted octanol–water partition coefficient (Wildman–Crippen LogP) is 1.93. The Labute approximate surface area is 94.0 Å². The molecule has 2 rings (SSSR count). The zero-order valence-corrected chi connectivity index (χ0v) is 8.98. The van der Waals surface area contributed by atoms with Gasteiger partial charge in [-0.3, -0.25) is 0 Å². The smallest absolute Gasteiger partial charge is 0.340 e. The Bertz CT molecular complexity index is 399. The van der Waals surface area contributed by atoms with Gasteiger partial charge in [-0.15, -0.1) is 0 Å². The number of nitrogen functional groups attached to an aromatic ring is 1. The summed E-state index contributed by atoms with van der Waals surface area (Å²) >= 11 is 0. The molecule has 0 radical (unpaired) electrons. The van der Waals surface area contributed by atoms with Gasteiger partial charge in [-0.1, -0.05) is 12.8 Å². The van der Waals surface area contributed by atoms with Crippen molar-refractivity contribution in [1.29, 1.82) is 0 Å². The molecular formula is C12H15NO3. The topological polar surface area (TPSA) is 72.5 Å². The van der Waals surface area contributed by atoms with Gasteiger partial charge in [0.1, 0.15) is 5.75 Å². The van der Waals surface area contributed by atoms with Crippen LogP contribution in [0.1, 0.15) is 29.6 Å². The lowest BCUT2D eigenvalue weighted by Gasteiger charge is -2.06. The summed E-state index contributed by atoms with van der Waals surface area (Å²) in [7, 11) is 0. The number of hydrogen-bond donors (Lipinski definition) is 2. The molecule has 1 aliphatic rings. The molecule has 1 aromatic rings. The number of carbonyl (C=O) groups is 1. The third-order valence-corrected chi connectivity index (χ3v) is 2.71. The van der Waals surface area contributed by atoms with Crippen molar-refractivity contribution in [1.82, 2.24) is 0 Å². The predicted molar refractivity (Wildman–Crippen MR) is 60.1 cm³/mol. The number of hydrogen-bond acceptors (Lipinski definition) is 4. The molecule has 1 saturated carbocycles. The van der Waals surface area contributed by atoms with Gasteiger partial charge >= 0.3 is 5.97 Å². The van der Waals surface area contributed by atoms with Crippen LogP contribution in [0.5, 0.6) is 5.75 Å². The zero-order valence-electron chi connectivity index (χ0n) is 8.98. The number of phenols is 1. The Morgan fingerprint density at radius 2 is 2.25 bits per heavy atom. The van der Waals surface area contributed by atoms with E-state index in [9.17, 15) is 9.90 Å². The quantitative estimate of drug-likeness (QED) is 0.463. The van der Waals surface area contributed by atoms with Gasteiger partial charge in [0.05, 0.1) is 12.2 Å². The number of nitrogens with two attached hydrogens (primary N) is 1. The summed E-state index contributed by atoms with van der Waals surface area (Å²) in [6.45, 7) is 0.429. The van der Waals surface area contributed by atoms with Crippen molar-refractivity contribution in [3.63, 3.8) is 0 Å². The molecule has 1 aliphatic carbocycles. The molecule has 0 bridgehead atoms.